The molecule has 0 radical (unpaired) electrons. The van der Waals surface area contributed by atoms with E-state index in [1.165, 1.54) is 11.3 Å². The Kier molecular flexibility index (Phi) is 2.70. The molecule has 78 valence electrons. The van der Waals surface area contributed by atoms with Gasteiger partial charge in [-0.1, -0.05) is 11.6 Å². The molecule has 2 heterocycles. The molecule has 2 rings (SSSR count). The Labute approximate surface area is 93.7 Å². The SMILES string of the molecule is O=C(O)Cc1sc(Cl)nc1-c1ccn[nH]1. The molecular formula is C8H6ClN3O2S. The molecule has 5 nitrogen and oxygen atoms in total. The molecule has 0 amide bonds. The minimum atomic E-state index is -0.906. The topological polar surface area (TPSA) is 78.9 Å². The van der Waals surface area contributed by atoms with Crippen LogP contribution in [0.15, 0.2) is 12.3 Å². The van der Waals surface area contributed by atoms with Gasteiger partial charge in [-0.25, -0.2) is 4.98 Å². The number of rotatable bonds is 3. The van der Waals surface area contributed by atoms with Gasteiger partial charge in [0.25, 0.3) is 0 Å². The minimum absolute atomic E-state index is 0.0846. The summed E-state index contributed by atoms with van der Waals surface area (Å²) in [6.07, 6.45) is 1.49. The summed E-state index contributed by atoms with van der Waals surface area (Å²) in [5.74, 6) is -0.906. The van der Waals surface area contributed by atoms with Crippen molar-refractivity contribution in [1.82, 2.24) is 15.2 Å². The summed E-state index contributed by atoms with van der Waals surface area (Å²) >= 11 is 6.91. The van der Waals surface area contributed by atoms with Crippen molar-refractivity contribution in [2.75, 3.05) is 0 Å². The van der Waals surface area contributed by atoms with Gasteiger partial charge in [-0.3, -0.25) is 9.89 Å². The lowest BCUT2D eigenvalue weighted by molar-refractivity contribution is -0.136. The van der Waals surface area contributed by atoms with E-state index in [1.807, 2.05) is 0 Å². The first-order valence-corrected chi connectivity index (χ1v) is 5.23. The zero-order valence-corrected chi connectivity index (χ0v) is 8.97. The average Bonchev–Trinajstić information content (AvgIpc) is 2.72. The summed E-state index contributed by atoms with van der Waals surface area (Å²) in [7, 11) is 0. The number of halogens is 1. The Balaban J connectivity index is 2.42. The second kappa shape index (κ2) is 4.00. The second-order valence-corrected chi connectivity index (χ2v) is 4.45. The normalized spacial score (nSPS) is 10.5. The number of carboxylic acid groups (broad SMARTS) is 1. The second-order valence-electron chi connectivity index (χ2n) is 2.78. The van der Waals surface area contributed by atoms with Crippen molar-refractivity contribution in [2.24, 2.45) is 0 Å². The van der Waals surface area contributed by atoms with Gasteiger partial charge in [0.15, 0.2) is 4.47 Å². The lowest BCUT2D eigenvalue weighted by atomic mass is 10.2. The van der Waals surface area contributed by atoms with Crippen molar-refractivity contribution in [3.63, 3.8) is 0 Å². The molecule has 2 N–H and O–H groups in total. The van der Waals surface area contributed by atoms with Crippen molar-refractivity contribution in [1.29, 1.82) is 0 Å². The molecule has 0 aliphatic carbocycles. The first kappa shape index (κ1) is 10.1. The van der Waals surface area contributed by atoms with E-state index in [2.05, 4.69) is 15.2 Å². The van der Waals surface area contributed by atoms with Crippen molar-refractivity contribution in [3.05, 3.63) is 21.6 Å². The number of carboxylic acids is 1. The number of aromatic amines is 1. The maximum Gasteiger partial charge on any atom is 0.308 e. The van der Waals surface area contributed by atoms with Crippen molar-refractivity contribution in [3.8, 4) is 11.4 Å². The number of hydrogen-bond acceptors (Lipinski definition) is 4. The summed E-state index contributed by atoms with van der Waals surface area (Å²) in [5.41, 5.74) is 1.24. The number of H-pyrrole nitrogens is 1. The number of nitrogens with one attached hydrogen (secondary N) is 1. The summed E-state index contributed by atoms with van der Waals surface area (Å²) < 4.78 is 0.329. The molecule has 0 saturated heterocycles. The van der Waals surface area contributed by atoms with Gasteiger partial charge in [-0.2, -0.15) is 5.10 Å². The maximum absolute atomic E-state index is 10.6. The van der Waals surface area contributed by atoms with Crippen LogP contribution in [0.25, 0.3) is 11.4 Å². The maximum atomic E-state index is 10.6. The van der Waals surface area contributed by atoms with Crippen LogP contribution in [0.4, 0.5) is 0 Å². The molecule has 0 aliphatic rings. The molecule has 0 spiro atoms. The predicted octanol–water partition coefficient (Wildman–Crippen LogP) is 1.81. The van der Waals surface area contributed by atoms with Crippen LogP contribution in [-0.4, -0.2) is 26.3 Å². The van der Waals surface area contributed by atoms with Gasteiger partial charge < -0.3 is 5.11 Å². The van der Waals surface area contributed by atoms with Crippen LogP contribution in [0.1, 0.15) is 4.88 Å². The Bertz CT molecular complexity index is 480. The molecule has 15 heavy (non-hydrogen) atoms. The number of carbonyl (C=O) groups is 1. The van der Waals surface area contributed by atoms with Gasteiger partial charge >= 0.3 is 5.97 Å². The minimum Gasteiger partial charge on any atom is -0.481 e. The molecule has 7 heteroatoms. The number of aromatic nitrogens is 3. The van der Waals surface area contributed by atoms with E-state index in [0.717, 1.165) is 0 Å². The van der Waals surface area contributed by atoms with Gasteiger partial charge in [0.2, 0.25) is 0 Å². The highest BCUT2D eigenvalue weighted by molar-refractivity contribution is 7.16. The lowest BCUT2D eigenvalue weighted by Crippen LogP contribution is -1.99. The van der Waals surface area contributed by atoms with E-state index >= 15 is 0 Å². The molecule has 0 saturated carbocycles. The Hall–Kier alpha value is -1.40. The average molecular weight is 244 g/mol. The van der Waals surface area contributed by atoms with E-state index in [1.54, 1.807) is 12.3 Å². The van der Waals surface area contributed by atoms with Crippen LogP contribution in [0, 0.1) is 0 Å². The fraction of sp³-hybridized carbons (Fsp3) is 0.125. The van der Waals surface area contributed by atoms with Gasteiger partial charge in [0.1, 0.15) is 5.69 Å². The number of nitrogens with zero attached hydrogens (tertiary/aromatic N) is 2. The number of thiazole rings is 1. The van der Waals surface area contributed by atoms with Crippen LogP contribution in [0.2, 0.25) is 4.47 Å². The van der Waals surface area contributed by atoms with Crippen LogP contribution >= 0.6 is 22.9 Å². The molecule has 0 aliphatic heterocycles. The zero-order chi connectivity index (χ0) is 10.8. The smallest absolute Gasteiger partial charge is 0.308 e. The van der Waals surface area contributed by atoms with Crippen LogP contribution < -0.4 is 0 Å². The van der Waals surface area contributed by atoms with Gasteiger partial charge in [-0.05, 0) is 6.07 Å². The van der Waals surface area contributed by atoms with Gasteiger partial charge in [0, 0.05) is 11.1 Å². The lowest BCUT2D eigenvalue weighted by Gasteiger charge is -1.95. The fourth-order valence-electron chi connectivity index (χ4n) is 1.18. The van der Waals surface area contributed by atoms with Crippen molar-refractivity contribution < 1.29 is 9.90 Å². The fourth-order valence-corrected chi connectivity index (χ4v) is 2.33. The Morgan fingerprint density at radius 2 is 2.47 bits per heavy atom. The Morgan fingerprint density at radius 1 is 1.67 bits per heavy atom. The number of hydrogen-bond donors (Lipinski definition) is 2. The highest BCUT2D eigenvalue weighted by Gasteiger charge is 2.15. The summed E-state index contributed by atoms with van der Waals surface area (Å²) in [6, 6.07) is 1.72. The van der Waals surface area contributed by atoms with Gasteiger partial charge in [-0.15, -0.1) is 11.3 Å². The molecule has 0 fully saturated rings. The molecule has 2 aromatic heterocycles. The highest BCUT2D eigenvalue weighted by Crippen LogP contribution is 2.29. The van der Waals surface area contributed by atoms with Crippen LogP contribution in [0.3, 0.4) is 0 Å². The monoisotopic (exact) mass is 243 g/mol. The van der Waals surface area contributed by atoms with Crippen LogP contribution in [0.5, 0.6) is 0 Å². The standard InChI is InChI=1S/C8H6ClN3O2S/c9-8-11-7(4-1-2-10-12-4)5(15-8)3-6(13)14/h1-2H,3H2,(H,10,12)(H,13,14). The third kappa shape index (κ3) is 2.16. The molecule has 0 aromatic carbocycles. The van der Waals surface area contributed by atoms with E-state index in [0.29, 0.717) is 20.7 Å². The number of aliphatic carboxylic acids is 1. The van der Waals surface area contributed by atoms with Crippen molar-refractivity contribution in [2.45, 2.75) is 6.42 Å². The molecule has 2 aromatic rings. The van der Waals surface area contributed by atoms with E-state index in [4.69, 9.17) is 16.7 Å². The zero-order valence-electron chi connectivity index (χ0n) is 7.40. The molecular weight excluding hydrogens is 238 g/mol. The highest BCUT2D eigenvalue weighted by atomic mass is 35.5. The summed E-state index contributed by atoms with van der Waals surface area (Å²) in [6.45, 7) is 0. The van der Waals surface area contributed by atoms with Crippen LogP contribution in [-0.2, 0) is 11.2 Å². The van der Waals surface area contributed by atoms with Gasteiger partial charge in [0.05, 0.1) is 12.1 Å². The Morgan fingerprint density at radius 3 is 3.07 bits per heavy atom. The third-order valence-electron chi connectivity index (χ3n) is 1.74. The molecule has 0 bridgehead atoms. The quantitative estimate of drug-likeness (QED) is 0.862. The third-order valence-corrected chi connectivity index (χ3v) is 2.90. The van der Waals surface area contributed by atoms with E-state index in [-0.39, 0.29) is 6.42 Å². The molecule has 0 atom stereocenters. The molecule has 0 unspecified atom stereocenters. The summed E-state index contributed by atoms with van der Waals surface area (Å²) in [5, 5.41) is 15.2. The van der Waals surface area contributed by atoms with E-state index in [9.17, 15) is 4.79 Å². The first-order valence-electron chi connectivity index (χ1n) is 4.03. The predicted molar refractivity (Wildman–Crippen MR) is 56.0 cm³/mol. The largest absolute Gasteiger partial charge is 0.481 e. The first-order chi connectivity index (χ1) is 7.16. The summed E-state index contributed by atoms with van der Waals surface area (Å²) in [4.78, 5) is 15.3. The van der Waals surface area contributed by atoms with Crippen molar-refractivity contribution >= 4 is 28.9 Å². The van der Waals surface area contributed by atoms with E-state index < -0.39 is 5.97 Å².